The van der Waals surface area contributed by atoms with Crippen molar-refractivity contribution in [3.63, 3.8) is 0 Å². The zero-order chi connectivity index (χ0) is 21.8. The van der Waals surface area contributed by atoms with Gasteiger partial charge in [-0.05, 0) is 40.8 Å². The van der Waals surface area contributed by atoms with Crippen molar-refractivity contribution in [2.75, 3.05) is 12.4 Å². The molecular weight excluding hydrogens is 396 g/mol. The van der Waals surface area contributed by atoms with Crippen molar-refractivity contribution in [3.8, 4) is 28.3 Å². The van der Waals surface area contributed by atoms with E-state index in [0.29, 0.717) is 12.4 Å². The van der Waals surface area contributed by atoms with Gasteiger partial charge < -0.3 is 10.1 Å². The van der Waals surface area contributed by atoms with Gasteiger partial charge in [-0.2, -0.15) is 0 Å². The molecule has 3 aromatic heterocycles. The summed E-state index contributed by atoms with van der Waals surface area (Å²) >= 11 is 0. The van der Waals surface area contributed by atoms with Crippen molar-refractivity contribution < 1.29 is 4.74 Å². The Morgan fingerprint density at radius 3 is 2.44 bits per heavy atom. The van der Waals surface area contributed by atoms with Crippen LogP contribution in [0.3, 0.4) is 0 Å². The summed E-state index contributed by atoms with van der Waals surface area (Å²) in [4.78, 5) is 13.8. The van der Waals surface area contributed by atoms with Crippen LogP contribution in [0.1, 0.15) is 5.69 Å². The minimum Gasteiger partial charge on any atom is -0.481 e. The summed E-state index contributed by atoms with van der Waals surface area (Å²) in [5, 5.41) is 5.72. The maximum Gasteiger partial charge on any atom is 0.212 e. The maximum absolute atomic E-state index is 5.20. The van der Waals surface area contributed by atoms with Crippen LogP contribution in [-0.2, 0) is 6.54 Å². The second kappa shape index (κ2) is 8.86. The molecular formula is C27H22N4O. The summed E-state index contributed by atoms with van der Waals surface area (Å²) in [5.74, 6) is 1.40. The summed E-state index contributed by atoms with van der Waals surface area (Å²) in [7, 11) is 1.61. The average Bonchev–Trinajstić information content (AvgIpc) is 2.88. The van der Waals surface area contributed by atoms with Crippen LogP contribution >= 0.6 is 0 Å². The second-order valence-electron chi connectivity index (χ2n) is 7.39. The van der Waals surface area contributed by atoms with Gasteiger partial charge in [0, 0.05) is 29.4 Å². The number of benzene rings is 2. The van der Waals surface area contributed by atoms with E-state index in [4.69, 9.17) is 9.72 Å². The number of anilines is 1. The van der Waals surface area contributed by atoms with E-state index in [2.05, 4.69) is 63.8 Å². The smallest absolute Gasteiger partial charge is 0.212 e. The lowest BCUT2D eigenvalue weighted by Gasteiger charge is -2.15. The lowest BCUT2D eigenvalue weighted by Crippen LogP contribution is -2.05. The van der Waals surface area contributed by atoms with E-state index >= 15 is 0 Å². The third kappa shape index (κ3) is 4.01. The molecule has 3 heterocycles. The molecule has 1 N–H and O–H groups in total. The number of nitrogens with one attached hydrogen (secondary N) is 1. The first-order valence-electron chi connectivity index (χ1n) is 10.5. The molecule has 5 heteroatoms. The van der Waals surface area contributed by atoms with Gasteiger partial charge in [-0.15, -0.1) is 0 Å². The topological polar surface area (TPSA) is 59.9 Å². The van der Waals surface area contributed by atoms with Gasteiger partial charge in [-0.25, -0.2) is 9.97 Å². The lowest BCUT2D eigenvalue weighted by atomic mass is 9.97. The molecule has 0 aliphatic heterocycles. The standard InChI is InChI=1S/C27H22N4O/c1-32-25-14-13-21(17-29-25)24-16-20-10-7-12-23(19-8-3-2-4-9-19)26(20)27(31-24)30-18-22-11-5-6-15-28-22/h2-17H,18H2,1H3,(H,30,31). The Kier molecular flexibility index (Phi) is 5.45. The molecule has 0 atom stereocenters. The molecule has 5 rings (SSSR count). The number of hydrogen-bond acceptors (Lipinski definition) is 5. The Morgan fingerprint density at radius 1 is 0.812 bits per heavy atom. The number of fused-ring (bicyclic) bond motifs is 1. The van der Waals surface area contributed by atoms with Gasteiger partial charge >= 0.3 is 0 Å². The monoisotopic (exact) mass is 418 g/mol. The highest BCUT2D eigenvalue weighted by Gasteiger charge is 2.13. The van der Waals surface area contributed by atoms with E-state index in [1.807, 2.05) is 36.4 Å². The van der Waals surface area contributed by atoms with E-state index < -0.39 is 0 Å². The van der Waals surface area contributed by atoms with Crippen LogP contribution in [0.2, 0.25) is 0 Å². The minimum absolute atomic E-state index is 0.578. The number of nitrogens with zero attached hydrogens (tertiary/aromatic N) is 3. The van der Waals surface area contributed by atoms with Crippen molar-refractivity contribution in [1.29, 1.82) is 0 Å². The van der Waals surface area contributed by atoms with Gasteiger partial charge in [-0.3, -0.25) is 4.98 Å². The van der Waals surface area contributed by atoms with Crippen molar-refractivity contribution in [1.82, 2.24) is 15.0 Å². The summed E-state index contributed by atoms with van der Waals surface area (Å²) in [5.41, 5.74) is 5.02. The second-order valence-corrected chi connectivity index (χ2v) is 7.39. The van der Waals surface area contributed by atoms with E-state index in [1.165, 1.54) is 0 Å². The van der Waals surface area contributed by atoms with Gasteiger partial charge in [0.1, 0.15) is 5.82 Å². The normalized spacial score (nSPS) is 10.8. The number of hydrogen-bond donors (Lipinski definition) is 1. The van der Waals surface area contributed by atoms with Gasteiger partial charge in [0.15, 0.2) is 0 Å². The maximum atomic E-state index is 5.20. The number of methoxy groups -OCH3 is 1. The van der Waals surface area contributed by atoms with Crippen LogP contribution in [0.4, 0.5) is 5.82 Å². The third-order valence-electron chi connectivity index (χ3n) is 5.35. The summed E-state index contributed by atoms with van der Waals surface area (Å²) in [6.07, 6.45) is 3.59. The fraction of sp³-hybridized carbons (Fsp3) is 0.0741. The fourth-order valence-electron chi connectivity index (χ4n) is 3.77. The molecule has 0 bridgehead atoms. The SMILES string of the molecule is COc1ccc(-c2cc3cccc(-c4ccccc4)c3c(NCc3ccccn3)n2)cn1. The highest BCUT2D eigenvalue weighted by atomic mass is 16.5. The number of rotatable bonds is 6. The molecule has 0 saturated heterocycles. The Labute approximate surface area is 186 Å². The average molecular weight is 419 g/mol. The number of aromatic nitrogens is 3. The van der Waals surface area contributed by atoms with E-state index in [1.54, 1.807) is 19.5 Å². The summed E-state index contributed by atoms with van der Waals surface area (Å²) < 4.78 is 5.20. The molecule has 0 radical (unpaired) electrons. The third-order valence-corrected chi connectivity index (χ3v) is 5.35. The van der Waals surface area contributed by atoms with Gasteiger partial charge in [0.2, 0.25) is 5.88 Å². The molecule has 32 heavy (non-hydrogen) atoms. The van der Waals surface area contributed by atoms with Crippen LogP contribution in [0.15, 0.2) is 97.3 Å². The summed E-state index contributed by atoms with van der Waals surface area (Å²) in [6, 6.07) is 28.6. The predicted octanol–water partition coefficient (Wildman–Crippen LogP) is 5.98. The van der Waals surface area contributed by atoms with E-state index in [9.17, 15) is 0 Å². The quantitative estimate of drug-likeness (QED) is 0.368. The van der Waals surface area contributed by atoms with E-state index in [0.717, 1.165) is 44.7 Å². The molecule has 0 spiro atoms. The van der Waals surface area contributed by atoms with E-state index in [-0.39, 0.29) is 0 Å². The minimum atomic E-state index is 0.578. The Hall–Kier alpha value is -4.25. The highest BCUT2D eigenvalue weighted by Crippen LogP contribution is 2.35. The van der Waals surface area contributed by atoms with Crippen LogP contribution in [0.5, 0.6) is 5.88 Å². The largest absolute Gasteiger partial charge is 0.481 e. The molecule has 0 aliphatic carbocycles. The Morgan fingerprint density at radius 2 is 1.69 bits per heavy atom. The molecule has 0 aliphatic rings. The van der Waals surface area contributed by atoms with Crippen molar-refractivity contribution in [3.05, 3.63) is 103 Å². The molecule has 0 amide bonds. The Balaban J connectivity index is 1.65. The zero-order valence-corrected chi connectivity index (χ0v) is 17.7. The van der Waals surface area contributed by atoms with Crippen LogP contribution in [-0.4, -0.2) is 22.1 Å². The van der Waals surface area contributed by atoms with Crippen LogP contribution < -0.4 is 10.1 Å². The molecule has 0 unspecified atom stereocenters. The zero-order valence-electron chi connectivity index (χ0n) is 17.7. The van der Waals surface area contributed by atoms with Crippen molar-refractivity contribution in [2.24, 2.45) is 0 Å². The summed E-state index contributed by atoms with van der Waals surface area (Å²) in [6.45, 7) is 0.580. The Bertz CT molecular complexity index is 1340. The van der Waals surface area contributed by atoms with Crippen LogP contribution in [0.25, 0.3) is 33.2 Å². The lowest BCUT2D eigenvalue weighted by molar-refractivity contribution is 0.398. The van der Waals surface area contributed by atoms with Crippen molar-refractivity contribution >= 4 is 16.6 Å². The molecule has 0 saturated carbocycles. The number of pyridine rings is 3. The highest BCUT2D eigenvalue weighted by molar-refractivity contribution is 6.04. The first-order chi connectivity index (χ1) is 15.8. The molecule has 2 aromatic carbocycles. The molecule has 5 aromatic rings. The van der Waals surface area contributed by atoms with Gasteiger partial charge in [0.25, 0.3) is 0 Å². The number of ether oxygens (including phenoxy) is 1. The first kappa shape index (κ1) is 19.7. The van der Waals surface area contributed by atoms with Crippen LogP contribution in [0, 0.1) is 0 Å². The first-order valence-corrected chi connectivity index (χ1v) is 10.5. The van der Waals surface area contributed by atoms with Gasteiger partial charge in [-0.1, -0.05) is 54.6 Å². The molecule has 0 fully saturated rings. The molecule has 5 nitrogen and oxygen atoms in total. The predicted molar refractivity (Wildman–Crippen MR) is 129 cm³/mol. The van der Waals surface area contributed by atoms with Crippen molar-refractivity contribution in [2.45, 2.75) is 6.54 Å². The fourth-order valence-corrected chi connectivity index (χ4v) is 3.77. The van der Waals surface area contributed by atoms with Gasteiger partial charge in [0.05, 0.1) is 25.0 Å². The molecule has 156 valence electrons.